The van der Waals surface area contributed by atoms with E-state index in [0.29, 0.717) is 18.8 Å². The molecule has 2 heterocycles. The van der Waals surface area contributed by atoms with Crippen LogP contribution in [0.1, 0.15) is 24.1 Å². The van der Waals surface area contributed by atoms with Gasteiger partial charge in [-0.1, -0.05) is 12.1 Å². The van der Waals surface area contributed by atoms with E-state index in [1.807, 2.05) is 43.5 Å². The van der Waals surface area contributed by atoms with Crippen molar-refractivity contribution in [2.75, 3.05) is 13.2 Å². The summed E-state index contributed by atoms with van der Waals surface area (Å²) < 4.78 is 6.92. The molecule has 3 aromatic rings. The predicted octanol–water partition coefficient (Wildman–Crippen LogP) is 3.34. The van der Waals surface area contributed by atoms with Crippen molar-refractivity contribution in [3.8, 4) is 16.3 Å². The maximum atomic E-state index is 12.4. The van der Waals surface area contributed by atoms with Gasteiger partial charge in [0.05, 0.1) is 11.4 Å². The molecule has 1 aromatic carbocycles. The molecule has 0 saturated heterocycles. The first kappa shape index (κ1) is 19.8. The summed E-state index contributed by atoms with van der Waals surface area (Å²) in [5, 5.41) is 9.10. The number of benzene rings is 1. The minimum Gasteiger partial charge on any atom is -0.492 e. The Bertz CT molecular complexity index is 992. The zero-order valence-corrected chi connectivity index (χ0v) is 17.0. The summed E-state index contributed by atoms with van der Waals surface area (Å²) in [5.41, 5.74) is 2.62. The number of nitrogens with one attached hydrogen (secondary N) is 1. The normalized spacial score (nSPS) is 11.8. The number of aromatic nitrogens is 2. The highest BCUT2D eigenvalue weighted by Gasteiger charge is 2.18. The van der Waals surface area contributed by atoms with Crippen LogP contribution >= 0.6 is 11.3 Å². The Balaban J connectivity index is 1.58. The Morgan fingerprint density at radius 2 is 1.96 bits per heavy atom. The maximum Gasteiger partial charge on any atom is 0.267 e. The SMILES string of the molecule is Cc1cc(C)cc(OCCNC(=O)C(C)n2nc(-c3cccs3)ccc2=O)c1. The minimum absolute atomic E-state index is 0.276. The lowest BCUT2D eigenvalue weighted by atomic mass is 10.1. The zero-order chi connectivity index (χ0) is 20.1. The zero-order valence-electron chi connectivity index (χ0n) is 16.1. The van der Waals surface area contributed by atoms with Gasteiger partial charge in [0.2, 0.25) is 5.91 Å². The fourth-order valence-corrected chi connectivity index (χ4v) is 3.57. The van der Waals surface area contributed by atoms with E-state index in [-0.39, 0.29) is 11.5 Å². The number of hydrogen-bond donors (Lipinski definition) is 1. The topological polar surface area (TPSA) is 73.2 Å². The van der Waals surface area contributed by atoms with E-state index in [0.717, 1.165) is 21.8 Å². The number of amides is 1. The van der Waals surface area contributed by atoms with Crippen LogP contribution in [0, 0.1) is 13.8 Å². The number of carbonyl (C=O) groups excluding carboxylic acids is 1. The summed E-state index contributed by atoms with van der Waals surface area (Å²) in [6, 6.07) is 12.2. The van der Waals surface area contributed by atoms with Crippen LogP contribution in [0.25, 0.3) is 10.6 Å². The van der Waals surface area contributed by atoms with Crippen LogP contribution in [-0.4, -0.2) is 28.8 Å². The first-order chi connectivity index (χ1) is 13.4. The average Bonchev–Trinajstić information content (AvgIpc) is 3.19. The van der Waals surface area contributed by atoms with Crippen molar-refractivity contribution in [2.24, 2.45) is 0 Å². The minimum atomic E-state index is -0.714. The number of hydrogen-bond acceptors (Lipinski definition) is 5. The highest BCUT2D eigenvalue weighted by Crippen LogP contribution is 2.21. The Morgan fingerprint density at radius 1 is 1.21 bits per heavy atom. The Morgan fingerprint density at radius 3 is 2.64 bits per heavy atom. The van der Waals surface area contributed by atoms with Gasteiger partial charge in [0.25, 0.3) is 5.56 Å². The second-order valence-electron chi connectivity index (χ2n) is 6.62. The fraction of sp³-hybridized carbons (Fsp3) is 0.286. The molecular formula is C21H23N3O3S. The Labute approximate surface area is 167 Å². The number of thiophene rings is 1. The van der Waals surface area contributed by atoms with Gasteiger partial charge in [0.15, 0.2) is 0 Å². The maximum absolute atomic E-state index is 12.4. The van der Waals surface area contributed by atoms with Gasteiger partial charge in [0.1, 0.15) is 24.1 Å². The molecule has 0 aliphatic carbocycles. The molecule has 1 atom stereocenters. The molecule has 0 aliphatic rings. The summed E-state index contributed by atoms with van der Waals surface area (Å²) >= 11 is 1.53. The van der Waals surface area contributed by atoms with Gasteiger partial charge in [-0.15, -0.1) is 11.3 Å². The first-order valence-electron chi connectivity index (χ1n) is 9.06. The predicted molar refractivity (Wildman–Crippen MR) is 111 cm³/mol. The van der Waals surface area contributed by atoms with Crippen LogP contribution in [0.15, 0.2) is 52.6 Å². The third-order valence-electron chi connectivity index (χ3n) is 4.21. The standard InChI is InChI=1S/C21H23N3O3S/c1-14-11-15(2)13-17(12-14)27-9-8-22-21(26)16(3)24-20(25)7-6-18(23-24)19-5-4-10-28-19/h4-7,10-13,16H,8-9H2,1-3H3,(H,22,26). The van der Waals surface area contributed by atoms with E-state index < -0.39 is 6.04 Å². The Hall–Kier alpha value is -2.93. The molecule has 6 nitrogen and oxygen atoms in total. The lowest BCUT2D eigenvalue weighted by Crippen LogP contribution is -2.38. The number of rotatable bonds is 7. The molecule has 0 saturated carbocycles. The molecule has 0 aliphatic heterocycles. The summed E-state index contributed by atoms with van der Waals surface area (Å²) in [5.74, 6) is 0.503. The van der Waals surface area contributed by atoms with Crippen molar-refractivity contribution >= 4 is 17.2 Å². The highest BCUT2D eigenvalue weighted by atomic mass is 32.1. The number of aryl methyl sites for hydroxylation is 2. The summed E-state index contributed by atoms with van der Waals surface area (Å²) in [6.45, 7) is 6.37. The molecule has 0 spiro atoms. The summed E-state index contributed by atoms with van der Waals surface area (Å²) in [6.07, 6.45) is 0. The molecule has 2 aromatic heterocycles. The molecular weight excluding hydrogens is 374 g/mol. The van der Waals surface area contributed by atoms with Crippen molar-refractivity contribution < 1.29 is 9.53 Å². The average molecular weight is 398 g/mol. The van der Waals surface area contributed by atoms with E-state index in [2.05, 4.69) is 16.5 Å². The van der Waals surface area contributed by atoms with Crippen LogP contribution in [0.4, 0.5) is 0 Å². The molecule has 28 heavy (non-hydrogen) atoms. The molecule has 1 N–H and O–H groups in total. The molecule has 1 unspecified atom stereocenters. The lowest BCUT2D eigenvalue weighted by molar-refractivity contribution is -0.124. The van der Waals surface area contributed by atoms with Gasteiger partial charge < -0.3 is 10.1 Å². The van der Waals surface area contributed by atoms with Gasteiger partial charge in [-0.05, 0) is 61.5 Å². The monoisotopic (exact) mass is 397 g/mol. The molecule has 0 bridgehead atoms. The quantitative estimate of drug-likeness (QED) is 0.621. The number of carbonyl (C=O) groups is 1. The first-order valence-corrected chi connectivity index (χ1v) is 9.94. The van der Waals surface area contributed by atoms with E-state index >= 15 is 0 Å². The summed E-state index contributed by atoms with van der Waals surface area (Å²) in [4.78, 5) is 25.6. The molecule has 1 amide bonds. The largest absolute Gasteiger partial charge is 0.492 e. The Kier molecular flexibility index (Phi) is 6.26. The highest BCUT2D eigenvalue weighted by molar-refractivity contribution is 7.13. The third kappa shape index (κ3) is 4.86. The molecule has 3 rings (SSSR count). The molecule has 7 heteroatoms. The summed E-state index contributed by atoms with van der Waals surface area (Å²) in [7, 11) is 0. The van der Waals surface area contributed by atoms with Gasteiger partial charge in [-0.3, -0.25) is 9.59 Å². The van der Waals surface area contributed by atoms with Crippen LogP contribution in [0.5, 0.6) is 5.75 Å². The van der Waals surface area contributed by atoms with Crippen molar-refractivity contribution in [3.05, 3.63) is 69.3 Å². The van der Waals surface area contributed by atoms with Crippen LogP contribution < -0.4 is 15.6 Å². The van der Waals surface area contributed by atoms with Crippen molar-refractivity contribution in [2.45, 2.75) is 26.8 Å². The van der Waals surface area contributed by atoms with Crippen molar-refractivity contribution in [1.82, 2.24) is 15.1 Å². The molecule has 0 radical (unpaired) electrons. The van der Waals surface area contributed by atoms with Gasteiger partial charge in [0, 0.05) is 6.07 Å². The van der Waals surface area contributed by atoms with Crippen LogP contribution in [0.2, 0.25) is 0 Å². The van der Waals surface area contributed by atoms with E-state index in [9.17, 15) is 9.59 Å². The van der Waals surface area contributed by atoms with Crippen LogP contribution in [-0.2, 0) is 4.79 Å². The lowest BCUT2D eigenvalue weighted by Gasteiger charge is -2.15. The van der Waals surface area contributed by atoms with Gasteiger partial charge >= 0.3 is 0 Å². The molecule has 0 fully saturated rings. The van der Waals surface area contributed by atoms with E-state index in [4.69, 9.17) is 4.74 Å². The van der Waals surface area contributed by atoms with E-state index in [1.54, 1.807) is 13.0 Å². The number of nitrogens with zero attached hydrogens (tertiary/aromatic N) is 2. The van der Waals surface area contributed by atoms with Crippen molar-refractivity contribution in [3.63, 3.8) is 0 Å². The van der Waals surface area contributed by atoms with E-state index in [1.165, 1.54) is 22.1 Å². The van der Waals surface area contributed by atoms with Crippen LogP contribution in [0.3, 0.4) is 0 Å². The smallest absolute Gasteiger partial charge is 0.267 e. The number of ether oxygens (including phenoxy) is 1. The second kappa shape index (κ2) is 8.84. The third-order valence-corrected chi connectivity index (χ3v) is 5.10. The van der Waals surface area contributed by atoms with Gasteiger partial charge in [-0.2, -0.15) is 5.10 Å². The van der Waals surface area contributed by atoms with Gasteiger partial charge in [-0.25, -0.2) is 4.68 Å². The molecule has 146 valence electrons. The fourth-order valence-electron chi connectivity index (χ4n) is 2.88. The van der Waals surface area contributed by atoms with Crippen molar-refractivity contribution in [1.29, 1.82) is 0 Å². The second-order valence-corrected chi connectivity index (χ2v) is 7.57.